The van der Waals surface area contributed by atoms with Crippen LogP contribution in [0, 0.1) is 0 Å². The Morgan fingerprint density at radius 1 is 0.485 bits per heavy atom. The largest absolute Gasteiger partial charge is 0.756 e. The summed E-state index contributed by atoms with van der Waals surface area (Å²) >= 11 is 0. The predicted molar refractivity (Wildman–Crippen MR) is 197 cm³/mol. The van der Waals surface area contributed by atoms with Gasteiger partial charge in [0.1, 0.15) is 19.8 Å². The second-order valence-electron chi connectivity index (χ2n) is 16.7. The van der Waals surface area contributed by atoms with Crippen molar-refractivity contribution in [3.63, 3.8) is 0 Å². The number of carbonyl (C=O) groups excluding carboxylic acids is 2. The van der Waals surface area contributed by atoms with Gasteiger partial charge in [-0.1, -0.05) is 77.0 Å². The van der Waals surface area contributed by atoms with Crippen molar-refractivity contribution in [2.45, 2.75) is 182 Å². The van der Waals surface area contributed by atoms with Crippen LogP contribution in [-0.4, -0.2) is 118 Å². The molecule has 2 unspecified atom stereocenters. The molecule has 0 aliphatic heterocycles. The summed E-state index contributed by atoms with van der Waals surface area (Å²) in [6, 6.07) is 0. The van der Waals surface area contributed by atoms with E-state index in [-0.39, 0.29) is 64.5 Å². The van der Waals surface area contributed by atoms with Crippen LogP contribution in [-0.2, 0) is 32.7 Å². The van der Waals surface area contributed by atoms with Crippen LogP contribution >= 0.6 is 7.82 Å². The van der Waals surface area contributed by atoms with Crippen molar-refractivity contribution in [1.82, 2.24) is 0 Å². The van der Waals surface area contributed by atoms with E-state index in [1.165, 1.54) is 0 Å². The average molecular weight is 1030 g/mol. The zero-order chi connectivity index (χ0) is 51.5. The highest BCUT2D eigenvalue weighted by Crippen LogP contribution is 2.55. The van der Waals surface area contributed by atoms with E-state index in [1.54, 1.807) is 21.1 Å². The lowest BCUT2D eigenvalue weighted by Gasteiger charge is -2.33. The fourth-order valence-electron chi connectivity index (χ4n) is 5.74. The molecule has 394 valence electrons. The Balaban J connectivity index is 4.75. The third-order valence-corrected chi connectivity index (χ3v) is 10.8. The molecule has 0 aromatic rings. The number of ether oxygens (including phenoxy) is 2. The quantitative estimate of drug-likeness (QED) is 0.0201. The minimum absolute atomic E-state index is 0.157. The molecule has 0 spiro atoms. The fraction of sp³-hybridized carbons (Fsp3) is 0.947. The van der Waals surface area contributed by atoms with Gasteiger partial charge in [-0.25, -0.2) is 0 Å². The van der Waals surface area contributed by atoms with E-state index in [1.807, 2.05) is 0 Å². The van der Waals surface area contributed by atoms with E-state index in [0.717, 1.165) is 0 Å². The number of quaternary nitrogens is 1. The zero-order valence-electron chi connectivity index (χ0n) is 36.5. The van der Waals surface area contributed by atoms with E-state index in [4.69, 9.17) is 18.5 Å². The molecule has 0 radical (unpaired) electrons. The van der Waals surface area contributed by atoms with Crippen molar-refractivity contribution >= 4 is 19.8 Å². The summed E-state index contributed by atoms with van der Waals surface area (Å²) in [6.45, 7) is -1.45. The highest BCUT2D eigenvalue weighted by molar-refractivity contribution is 7.45. The number of phosphoric ester groups is 1. The lowest BCUT2D eigenvalue weighted by atomic mass is 9.97. The van der Waals surface area contributed by atoms with Crippen molar-refractivity contribution in [3.8, 4) is 0 Å². The first-order chi connectivity index (χ1) is 29.8. The predicted octanol–water partition coefficient (Wildman–Crippen LogP) is 12.4. The zero-order valence-corrected chi connectivity index (χ0v) is 37.4. The van der Waals surface area contributed by atoms with Crippen LogP contribution in [0.25, 0.3) is 0 Å². The number of unbranched alkanes of at least 4 members (excludes halogenated alkanes) is 14. The van der Waals surface area contributed by atoms with Crippen LogP contribution in [0.3, 0.4) is 0 Å². The molecule has 0 rings (SSSR count). The topological polar surface area (TPSA) is 111 Å². The Hall–Kier alpha value is -2.25. The van der Waals surface area contributed by atoms with Gasteiger partial charge in [0.2, 0.25) is 0 Å². The monoisotopic (exact) mass is 1030 g/mol. The maximum Gasteiger partial charge on any atom is 0.460 e. The highest BCUT2D eigenvalue weighted by Gasteiger charge is 2.82. The number of halogens is 18. The molecule has 2 atom stereocenters. The summed E-state index contributed by atoms with van der Waals surface area (Å²) in [6.07, 6.45) is -17.1. The molecule has 0 heterocycles. The molecule has 0 aromatic carbocycles. The molecule has 0 amide bonds. The van der Waals surface area contributed by atoms with E-state index in [2.05, 4.69) is 0 Å². The lowest BCUT2D eigenvalue weighted by Crippen LogP contribution is -2.60. The molecule has 0 N–H and O–H groups in total. The first kappa shape index (κ1) is 63.8. The number of carbonyl (C=O) groups is 2. The normalized spacial score (nSPS) is 15.4. The average Bonchev–Trinajstić information content (AvgIpc) is 3.15. The van der Waals surface area contributed by atoms with E-state index >= 15 is 0 Å². The van der Waals surface area contributed by atoms with Gasteiger partial charge >= 0.3 is 59.8 Å². The van der Waals surface area contributed by atoms with Gasteiger partial charge in [0.25, 0.3) is 7.82 Å². The molecule has 9 nitrogen and oxygen atoms in total. The molecule has 0 aliphatic carbocycles. The third kappa shape index (κ3) is 21.6. The van der Waals surface area contributed by atoms with E-state index < -0.39 is 113 Å². The van der Waals surface area contributed by atoms with Crippen molar-refractivity contribution in [2.75, 3.05) is 47.5 Å². The number of phosphoric acid groups is 1. The summed E-state index contributed by atoms with van der Waals surface area (Å²) < 4.78 is 266. The molecule has 0 aliphatic rings. The van der Waals surface area contributed by atoms with Gasteiger partial charge in [0, 0.05) is 25.7 Å². The number of rotatable bonds is 36. The van der Waals surface area contributed by atoms with E-state index in [0.29, 0.717) is 55.8 Å². The number of likely N-dealkylation sites (N-methyl/N-ethyl adjacent to an activating group) is 1. The molecule has 28 heteroatoms. The second kappa shape index (κ2) is 26.7. The van der Waals surface area contributed by atoms with Gasteiger partial charge in [-0.2, -0.15) is 79.0 Å². The minimum Gasteiger partial charge on any atom is -0.756 e. The van der Waals surface area contributed by atoms with Crippen LogP contribution in [0.2, 0.25) is 0 Å². The van der Waals surface area contributed by atoms with Crippen molar-refractivity contribution in [2.24, 2.45) is 0 Å². The second-order valence-corrected chi connectivity index (χ2v) is 18.2. The number of nitrogens with zero attached hydrogens (tertiary/aromatic N) is 1. The number of esters is 2. The van der Waals surface area contributed by atoms with Gasteiger partial charge in [-0.3, -0.25) is 14.2 Å². The molecule has 0 fully saturated rings. The number of alkyl halides is 18. The van der Waals surface area contributed by atoms with Crippen LogP contribution in [0.4, 0.5) is 79.0 Å². The summed E-state index contributed by atoms with van der Waals surface area (Å²) in [7, 11) is 0.362. The van der Waals surface area contributed by atoms with Crippen LogP contribution in [0.5, 0.6) is 0 Å². The van der Waals surface area contributed by atoms with Crippen molar-refractivity contribution in [1.29, 1.82) is 0 Å². The molecule has 0 aromatic heterocycles. The Bertz CT molecular complexity index is 1480. The van der Waals surface area contributed by atoms with Gasteiger partial charge in [-0.05, 0) is 25.7 Å². The summed E-state index contributed by atoms with van der Waals surface area (Å²) in [5, 5.41) is 0. The molecule has 0 bridgehead atoms. The first-order valence-electron chi connectivity index (χ1n) is 20.9. The van der Waals surface area contributed by atoms with Crippen LogP contribution in [0.1, 0.15) is 128 Å². The third-order valence-electron chi connectivity index (χ3n) is 9.82. The van der Waals surface area contributed by atoms with Gasteiger partial charge in [0.15, 0.2) is 6.10 Å². The maximum absolute atomic E-state index is 13.6. The Morgan fingerprint density at radius 2 is 0.818 bits per heavy atom. The smallest absolute Gasteiger partial charge is 0.460 e. The van der Waals surface area contributed by atoms with Crippen LogP contribution in [0.15, 0.2) is 0 Å². The Morgan fingerprint density at radius 3 is 1.17 bits per heavy atom. The van der Waals surface area contributed by atoms with Crippen LogP contribution < -0.4 is 4.89 Å². The number of hydrogen-bond donors (Lipinski definition) is 0. The molecular formula is C38H58F18NO8P. The summed E-state index contributed by atoms with van der Waals surface area (Å²) in [5.74, 6) is -40.1. The lowest BCUT2D eigenvalue weighted by molar-refractivity contribution is -0.870. The Labute approximate surface area is 370 Å². The molecule has 66 heavy (non-hydrogen) atoms. The standard InChI is InChI=1S/C38H58F18NO8P/c1-57(2,3)24-25-63-66(60,61)64-27-28(65-30(59)21-17-13-9-5-7-11-15-19-23-32(41,42)34(45,46)36(49,50)38(54,55)56)26-62-29(58)20-16-12-8-4-6-10-14-18-22-31(39,40)33(43,44)35(47,48)37(51,52)53/h28H,4-27H2,1-3H3. The summed E-state index contributed by atoms with van der Waals surface area (Å²) in [5.41, 5.74) is 0. The van der Waals surface area contributed by atoms with E-state index in [9.17, 15) is 98.1 Å². The molecular weight excluding hydrogens is 971 g/mol. The van der Waals surface area contributed by atoms with Crippen molar-refractivity contribution < 1.29 is 121 Å². The minimum atomic E-state index is -6.94. The highest BCUT2D eigenvalue weighted by atomic mass is 31.2. The molecule has 0 saturated carbocycles. The Kier molecular flexibility index (Phi) is 25.7. The van der Waals surface area contributed by atoms with Gasteiger partial charge < -0.3 is 27.9 Å². The van der Waals surface area contributed by atoms with Crippen molar-refractivity contribution in [3.05, 3.63) is 0 Å². The first-order valence-corrected chi connectivity index (χ1v) is 22.4. The fourth-order valence-corrected chi connectivity index (χ4v) is 6.47. The van der Waals surface area contributed by atoms with Gasteiger partial charge in [0.05, 0.1) is 27.7 Å². The molecule has 0 saturated heterocycles. The SMILES string of the molecule is C[N+](C)(C)CCOP(=O)([O-])OCC(COC(=O)CCCCCCCCCCC(F)(F)C(F)(F)C(F)(F)C(F)(F)F)OC(=O)CCCCCCCCCCC(F)(F)C(F)(F)C(F)(F)C(F)(F)F. The number of hydrogen-bond acceptors (Lipinski definition) is 8. The van der Waals surface area contributed by atoms with Gasteiger partial charge in [-0.15, -0.1) is 0 Å². The summed E-state index contributed by atoms with van der Waals surface area (Å²) in [4.78, 5) is 37.2. The maximum atomic E-state index is 13.6.